The SMILES string of the molecule is CCCNC(=NC)NCC1(c2ccc3c(c2)OCO3)CCOCC1. The zero-order valence-corrected chi connectivity index (χ0v) is 14.6. The number of nitrogens with one attached hydrogen (secondary N) is 2. The number of ether oxygens (including phenoxy) is 3. The van der Waals surface area contributed by atoms with Crippen LogP contribution in [0.25, 0.3) is 0 Å². The fourth-order valence-corrected chi connectivity index (χ4v) is 3.27. The molecule has 0 aromatic heterocycles. The molecule has 3 rings (SSSR count). The van der Waals surface area contributed by atoms with E-state index in [1.165, 1.54) is 5.56 Å². The molecule has 0 bridgehead atoms. The number of benzene rings is 1. The van der Waals surface area contributed by atoms with Gasteiger partial charge in [0.25, 0.3) is 0 Å². The van der Waals surface area contributed by atoms with E-state index in [0.717, 1.165) is 63.0 Å². The molecule has 0 aliphatic carbocycles. The molecule has 1 aromatic rings. The number of hydrogen-bond donors (Lipinski definition) is 2. The van der Waals surface area contributed by atoms with Crippen LogP contribution in [0.5, 0.6) is 11.5 Å². The Hall–Kier alpha value is -1.95. The van der Waals surface area contributed by atoms with Gasteiger partial charge in [0.05, 0.1) is 0 Å². The minimum atomic E-state index is 0.0169. The first kappa shape index (κ1) is 16.9. The van der Waals surface area contributed by atoms with Gasteiger partial charge in [-0.25, -0.2) is 0 Å². The van der Waals surface area contributed by atoms with Gasteiger partial charge >= 0.3 is 0 Å². The summed E-state index contributed by atoms with van der Waals surface area (Å²) >= 11 is 0. The van der Waals surface area contributed by atoms with Crippen LogP contribution in [0.3, 0.4) is 0 Å². The normalized spacial score (nSPS) is 19.2. The maximum atomic E-state index is 5.61. The lowest BCUT2D eigenvalue weighted by Gasteiger charge is -2.38. The summed E-state index contributed by atoms with van der Waals surface area (Å²) in [6.07, 6.45) is 3.02. The topological polar surface area (TPSA) is 64.1 Å². The van der Waals surface area contributed by atoms with Gasteiger partial charge in [-0.05, 0) is 37.0 Å². The summed E-state index contributed by atoms with van der Waals surface area (Å²) in [4.78, 5) is 4.31. The van der Waals surface area contributed by atoms with E-state index in [0.29, 0.717) is 6.79 Å². The average Bonchev–Trinajstić information content (AvgIpc) is 3.10. The molecule has 0 amide bonds. The molecule has 0 spiro atoms. The molecule has 1 saturated heterocycles. The highest BCUT2D eigenvalue weighted by atomic mass is 16.7. The van der Waals surface area contributed by atoms with Crippen LogP contribution < -0.4 is 20.1 Å². The van der Waals surface area contributed by atoms with E-state index in [-0.39, 0.29) is 5.41 Å². The lowest BCUT2D eigenvalue weighted by molar-refractivity contribution is 0.0513. The Bertz CT molecular complexity index is 583. The molecule has 2 aliphatic heterocycles. The van der Waals surface area contributed by atoms with E-state index in [2.05, 4.69) is 34.7 Å². The zero-order chi connectivity index (χ0) is 16.8. The number of nitrogens with zero attached hydrogens (tertiary/aromatic N) is 1. The van der Waals surface area contributed by atoms with Crippen molar-refractivity contribution in [2.24, 2.45) is 4.99 Å². The Kier molecular flexibility index (Phi) is 5.45. The van der Waals surface area contributed by atoms with Crippen LogP contribution in [-0.2, 0) is 10.2 Å². The molecule has 2 N–H and O–H groups in total. The van der Waals surface area contributed by atoms with Gasteiger partial charge in [0.2, 0.25) is 6.79 Å². The van der Waals surface area contributed by atoms with E-state index in [1.54, 1.807) is 0 Å². The van der Waals surface area contributed by atoms with Crippen LogP contribution in [0.15, 0.2) is 23.2 Å². The Balaban J connectivity index is 1.77. The summed E-state index contributed by atoms with van der Waals surface area (Å²) in [6.45, 7) is 5.74. The predicted octanol–water partition coefficient (Wildman–Crippen LogP) is 2.04. The lowest BCUT2D eigenvalue weighted by atomic mass is 9.74. The molecule has 24 heavy (non-hydrogen) atoms. The Morgan fingerprint density at radius 1 is 1.17 bits per heavy atom. The van der Waals surface area contributed by atoms with Crippen molar-refractivity contribution in [1.29, 1.82) is 0 Å². The number of rotatable bonds is 5. The Morgan fingerprint density at radius 3 is 2.71 bits per heavy atom. The van der Waals surface area contributed by atoms with Gasteiger partial charge in [0, 0.05) is 38.8 Å². The summed E-state index contributed by atoms with van der Waals surface area (Å²) in [5, 5.41) is 6.82. The maximum absolute atomic E-state index is 5.61. The maximum Gasteiger partial charge on any atom is 0.231 e. The van der Waals surface area contributed by atoms with Crippen molar-refractivity contribution in [3.8, 4) is 11.5 Å². The van der Waals surface area contributed by atoms with Gasteiger partial charge in [-0.2, -0.15) is 0 Å². The molecule has 1 aromatic carbocycles. The molecule has 0 atom stereocenters. The average molecular weight is 333 g/mol. The van der Waals surface area contributed by atoms with Crippen molar-refractivity contribution in [1.82, 2.24) is 10.6 Å². The summed E-state index contributed by atoms with van der Waals surface area (Å²) in [5.74, 6) is 2.52. The molecule has 0 unspecified atom stereocenters. The van der Waals surface area contributed by atoms with Crippen LogP contribution in [0.4, 0.5) is 0 Å². The minimum absolute atomic E-state index is 0.0169. The standard InChI is InChI=1S/C18H27N3O3/c1-3-8-20-17(19-2)21-12-18(6-9-22-10-7-18)14-4-5-15-16(11-14)24-13-23-15/h4-5,11H,3,6-10,12-13H2,1-2H3,(H2,19,20,21). The van der Waals surface area contributed by atoms with Crippen molar-refractivity contribution in [2.75, 3.05) is 40.1 Å². The summed E-state index contributed by atoms with van der Waals surface area (Å²) < 4.78 is 16.6. The van der Waals surface area contributed by atoms with Gasteiger partial charge < -0.3 is 24.8 Å². The third-order valence-corrected chi connectivity index (χ3v) is 4.80. The third-order valence-electron chi connectivity index (χ3n) is 4.80. The second-order valence-electron chi connectivity index (χ2n) is 6.31. The van der Waals surface area contributed by atoms with E-state index in [1.807, 2.05) is 13.1 Å². The molecule has 6 heteroatoms. The van der Waals surface area contributed by atoms with Crippen molar-refractivity contribution in [3.05, 3.63) is 23.8 Å². The van der Waals surface area contributed by atoms with Gasteiger partial charge in [0.1, 0.15) is 0 Å². The molecule has 0 radical (unpaired) electrons. The fourth-order valence-electron chi connectivity index (χ4n) is 3.27. The molecule has 2 aliphatic rings. The number of fused-ring (bicyclic) bond motifs is 1. The first-order valence-corrected chi connectivity index (χ1v) is 8.70. The van der Waals surface area contributed by atoms with Gasteiger partial charge in [0.15, 0.2) is 17.5 Å². The smallest absolute Gasteiger partial charge is 0.231 e. The van der Waals surface area contributed by atoms with Crippen LogP contribution in [0.2, 0.25) is 0 Å². The zero-order valence-electron chi connectivity index (χ0n) is 14.6. The Morgan fingerprint density at radius 2 is 1.96 bits per heavy atom. The van der Waals surface area contributed by atoms with Crippen molar-refractivity contribution < 1.29 is 14.2 Å². The van der Waals surface area contributed by atoms with Crippen molar-refractivity contribution >= 4 is 5.96 Å². The lowest BCUT2D eigenvalue weighted by Crippen LogP contribution is -2.48. The summed E-state index contributed by atoms with van der Waals surface area (Å²) in [7, 11) is 1.81. The second kappa shape index (κ2) is 7.75. The highest BCUT2D eigenvalue weighted by molar-refractivity contribution is 5.79. The van der Waals surface area contributed by atoms with Crippen LogP contribution in [-0.4, -0.2) is 46.1 Å². The third kappa shape index (κ3) is 3.59. The van der Waals surface area contributed by atoms with E-state index < -0.39 is 0 Å². The van der Waals surface area contributed by atoms with Gasteiger partial charge in [-0.1, -0.05) is 13.0 Å². The molecular weight excluding hydrogens is 306 g/mol. The van der Waals surface area contributed by atoms with Crippen LogP contribution >= 0.6 is 0 Å². The quantitative estimate of drug-likeness (QED) is 0.638. The molecule has 132 valence electrons. The minimum Gasteiger partial charge on any atom is -0.454 e. The molecular formula is C18H27N3O3. The fraction of sp³-hybridized carbons (Fsp3) is 0.611. The van der Waals surface area contributed by atoms with Crippen LogP contribution in [0.1, 0.15) is 31.7 Å². The summed E-state index contributed by atoms with van der Waals surface area (Å²) in [6, 6.07) is 6.29. The van der Waals surface area contributed by atoms with Crippen molar-refractivity contribution in [2.45, 2.75) is 31.6 Å². The second-order valence-corrected chi connectivity index (χ2v) is 6.31. The molecule has 6 nitrogen and oxygen atoms in total. The first-order chi connectivity index (χ1) is 11.8. The highest BCUT2D eigenvalue weighted by Crippen LogP contribution is 2.40. The number of guanidine groups is 1. The molecule has 0 saturated carbocycles. The predicted molar refractivity (Wildman–Crippen MR) is 94.0 cm³/mol. The molecule has 1 fully saturated rings. The van der Waals surface area contributed by atoms with E-state index in [9.17, 15) is 0 Å². The van der Waals surface area contributed by atoms with Gasteiger partial charge in [-0.3, -0.25) is 4.99 Å². The van der Waals surface area contributed by atoms with E-state index >= 15 is 0 Å². The Labute approximate surface area is 143 Å². The summed E-state index contributed by atoms with van der Waals surface area (Å²) in [5.41, 5.74) is 1.29. The number of hydrogen-bond acceptors (Lipinski definition) is 4. The monoisotopic (exact) mass is 333 g/mol. The number of aliphatic imine (C=N–C) groups is 1. The highest BCUT2D eigenvalue weighted by Gasteiger charge is 2.35. The first-order valence-electron chi connectivity index (χ1n) is 8.70. The largest absolute Gasteiger partial charge is 0.454 e. The molecule has 2 heterocycles. The van der Waals surface area contributed by atoms with Gasteiger partial charge in [-0.15, -0.1) is 0 Å². The van der Waals surface area contributed by atoms with E-state index in [4.69, 9.17) is 14.2 Å². The van der Waals surface area contributed by atoms with Crippen molar-refractivity contribution in [3.63, 3.8) is 0 Å². The van der Waals surface area contributed by atoms with Crippen LogP contribution in [0, 0.1) is 0 Å².